The van der Waals surface area contributed by atoms with E-state index < -0.39 is 11.6 Å². The van der Waals surface area contributed by atoms with E-state index in [-0.39, 0.29) is 11.3 Å². The first-order valence-electron chi connectivity index (χ1n) is 11.3. The molecule has 0 aliphatic heterocycles. The van der Waals surface area contributed by atoms with Gasteiger partial charge in [0.2, 0.25) is 0 Å². The predicted octanol–water partition coefficient (Wildman–Crippen LogP) is 7.84. The van der Waals surface area contributed by atoms with Crippen molar-refractivity contribution in [3.8, 4) is 23.7 Å². The summed E-state index contributed by atoms with van der Waals surface area (Å²) in [5.41, 5.74) is 1.44. The van der Waals surface area contributed by atoms with Crippen molar-refractivity contribution in [3.63, 3.8) is 0 Å². The molecule has 1 nitrogen and oxygen atoms in total. The normalized spacial score (nSPS) is 17.3. The van der Waals surface area contributed by atoms with E-state index in [1.165, 1.54) is 56.7 Å². The summed E-state index contributed by atoms with van der Waals surface area (Å²) in [4.78, 5) is 3.63. The number of halogens is 2. The minimum atomic E-state index is -0.546. The molecule has 32 heavy (non-hydrogen) atoms. The lowest BCUT2D eigenvalue weighted by Gasteiger charge is -2.25. The van der Waals surface area contributed by atoms with Crippen molar-refractivity contribution < 1.29 is 8.78 Å². The van der Waals surface area contributed by atoms with Crippen LogP contribution in [0.4, 0.5) is 14.5 Å². The summed E-state index contributed by atoms with van der Waals surface area (Å²) >= 11 is 4.48. The van der Waals surface area contributed by atoms with Gasteiger partial charge in [-0.3, -0.25) is 0 Å². The molecule has 0 bridgehead atoms. The van der Waals surface area contributed by atoms with Crippen LogP contribution in [0.1, 0.15) is 75.0 Å². The van der Waals surface area contributed by atoms with Gasteiger partial charge in [-0.25, -0.2) is 8.78 Å². The van der Waals surface area contributed by atoms with Gasteiger partial charge in [0, 0.05) is 17.0 Å². The molecule has 0 heterocycles. The van der Waals surface area contributed by atoms with Gasteiger partial charge in [0.1, 0.15) is 11.5 Å². The van der Waals surface area contributed by atoms with Crippen LogP contribution in [0.25, 0.3) is 0 Å². The number of unbranched alkanes of at least 4 members (excludes halogenated alkanes) is 2. The van der Waals surface area contributed by atoms with Crippen molar-refractivity contribution >= 4 is 23.1 Å². The topological polar surface area (TPSA) is 12.4 Å². The smallest absolute Gasteiger partial charge is 0.150 e. The molecule has 1 fully saturated rings. The van der Waals surface area contributed by atoms with E-state index in [0.717, 1.165) is 18.8 Å². The first kappa shape index (κ1) is 23.9. The van der Waals surface area contributed by atoms with Crippen LogP contribution in [0, 0.1) is 47.2 Å². The van der Waals surface area contributed by atoms with E-state index >= 15 is 0 Å². The van der Waals surface area contributed by atoms with Crippen molar-refractivity contribution in [2.45, 2.75) is 58.3 Å². The third kappa shape index (κ3) is 7.13. The zero-order valence-corrected chi connectivity index (χ0v) is 19.2. The molecule has 1 aliphatic carbocycles. The van der Waals surface area contributed by atoms with Crippen molar-refractivity contribution in [3.05, 3.63) is 64.7 Å². The molecule has 0 aromatic heterocycles. The van der Waals surface area contributed by atoms with Gasteiger partial charge in [-0.2, -0.15) is 4.99 Å². The van der Waals surface area contributed by atoms with Crippen molar-refractivity contribution in [1.82, 2.24) is 0 Å². The number of benzene rings is 2. The molecule has 1 aliphatic rings. The average Bonchev–Trinajstić information content (AvgIpc) is 2.80. The van der Waals surface area contributed by atoms with Crippen LogP contribution in [-0.4, -0.2) is 5.16 Å². The summed E-state index contributed by atoms with van der Waals surface area (Å²) in [6, 6.07) is 9.15. The Morgan fingerprint density at radius 3 is 2.31 bits per heavy atom. The van der Waals surface area contributed by atoms with E-state index in [9.17, 15) is 8.78 Å². The molecule has 0 radical (unpaired) electrons. The Morgan fingerprint density at radius 2 is 1.62 bits per heavy atom. The highest BCUT2D eigenvalue weighted by Gasteiger charge is 2.19. The van der Waals surface area contributed by atoms with Crippen LogP contribution in [-0.2, 0) is 0 Å². The van der Waals surface area contributed by atoms with Gasteiger partial charge in [0.15, 0.2) is 5.82 Å². The lowest BCUT2D eigenvalue weighted by molar-refractivity contribution is 0.294. The molecule has 1 saturated carbocycles. The summed E-state index contributed by atoms with van der Waals surface area (Å²) < 4.78 is 28.4. The van der Waals surface area contributed by atoms with Crippen molar-refractivity contribution in [2.24, 2.45) is 16.8 Å². The third-order valence-corrected chi connectivity index (χ3v) is 6.00. The second-order valence-corrected chi connectivity index (χ2v) is 8.48. The Balaban J connectivity index is 1.60. The summed E-state index contributed by atoms with van der Waals surface area (Å²) in [6.45, 7) is 2.24. The summed E-state index contributed by atoms with van der Waals surface area (Å²) in [6.07, 6.45) is 10.1. The highest BCUT2D eigenvalue weighted by molar-refractivity contribution is 7.78. The molecular formula is C28H27F2NS. The molecule has 2 aromatic rings. The van der Waals surface area contributed by atoms with Gasteiger partial charge in [0.25, 0.3) is 0 Å². The van der Waals surface area contributed by atoms with Crippen molar-refractivity contribution in [1.29, 1.82) is 0 Å². The van der Waals surface area contributed by atoms with Crippen LogP contribution >= 0.6 is 12.2 Å². The highest BCUT2D eigenvalue weighted by atomic mass is 32.1. The molecule has 3 rings (SSSR count). The molecule has 0 N–H and O–H groups in total. The number of isothiocyanates is 1. The molecule has 164 valence electrons. The van der Waals surface area contributed by atoms with Crippen LogP contribution in [0.15, 0.2) is 41.4 Å². The number of thiocarbonyl (C=S) groups is 1. The Labute approximate surface area is 195 Å². The second-order valence-electron chi connectivity index (χ2n) is 8.30. The summed E-state index contributed by atoms with van der Waals surface area (Å²) in [5, 5.41) is 2.13. The lowest BCUT2D eigenvalue weighted by atomic mass is 9.80. The Hall–Kier alpha value is -2.78. The molecule has 0 amide bonds. The number of aliphatic imine (C=N–C) groups is 1. The Bertz CT molecular complexity index is 1100. The average molecular weight is 448 g/mol. The summed E-state index contributed by atoms with van der Waals surface area (Å²) in [7, 11) is 0. The first-order valence-corrected chi connectivity index (χ1v) is 11.7. The Morgan fingerprint density at radius 1 is 0.906 bits per heavy atom. The maximum Gasteiger partial charge on any atom is 0.150 e. The molecule has 4 heteroatoms. The first-order chi connectivity index (χ1) is 15.6. The fourth-order valence-electron chi connectivity index (χ4n) is 4.02. The van der Waals surface area contributed by atoms with E-state index in [1.54, 1.807) is 18.2 Å². The number of nitrogens with zero attached hydrogens (tertiary/aromatic N) is 1. The van der Waals surface area contributed by atoms with E-state index in [1.807, 2.05) is 0 Å². The molecule has 0 atom stereocenters. The maximum absolute atomic E-state index is 14.5. The van der Waals surface area contributed by atoms with Gasteiger partial charge in [-0.05, 0) is 80.2 Å². The van der Waals surface area contributed by atoms with Gasteiger partial charge in [-0.15, -0.1) is 0 Å². The Kier molecular flexibility index (Phi) is 9.18. The quantitative estimate of drug-likeness (QED) is 0.197. The summed E-state index contributed by atoms with van der Waals surface area (Å²) in [5.74, 6) is 12.3. The molecule has 0 saturated heterocycles. The zero-order chi connectivity index (χ0) is 22.8. The van der Waals surface area contributed by atoms with Gasteiger partial charge in [0.05, 0.1) is 10.7 Å². The fourth-order valence-corrected chi connectivity index (χ4v) is 4.12. The SMILES string of the molecule is CCCCCC1CCC(C#Cc2ccc(C#Cc3ccc(N=C=S)c(F)c3)c(F)c2)CC1. The largest absolute Gasteiger partial charge is 0.206 e. The van der Waals surface area contributed by atoms with E-state index in [4.69, 9.17) is 0 Å². The van der Waals surface area contributed by atoms with Gasteiger partial charge < -0.3 is 0 Å². The highest BCUT2D eigenvalue weighted by Crippen LogP contribution is 2.31. The lowest BCUT2D eigenvalue weighted by Crippen LogP contribution is -2.13. The molecule has 0 unspecified atom stereocenters. The van der Waals surface area contributed by atoms with Crippen LogP contribution in [0.3, 0.4) is 0 Å². The maximum atomic E-state index is 14.5. The monoisotopic (exact) mass is 447 g/mol. The second kappa shape index (κ2) is 12.3. The fraction of sp³-hybridized carbons (Fsp3) is 0.393. The van der Waals surface area contributed by atoms with Crippen LogP contribution in [0.5, 0.6) is 0 Å². The minimum Gasteiger partial charge on any atom is -0.206 e. The number of hydrogen-bond donors (Lipinski definition) is 0. The predicted molar refractivity (Wildman–Crippen MR) is 130 cm³/mol. The van der Waals surface area contributed by atoms with Gasteiger partial charge in [-0.1, -0.05) is 56.3 Å². The van der Waals surface area contributed by atoms with E-state index in [0.29, 0.717) is 17.0 Å². The standard InChI is InChI=1S/C28H27F2NS/c1-2-3-4-5-21-6-8-22(9-7-21)10-11-23-12-15-25(26(29)18-23)16-13-24-14-17-28(31-20-32)27(30)19-24/h12,14-15,17-19,21-22H,2-9H2,1H3. The number of rotatable bonds is 5. The van der Waals surface area contributed by atoms with E-state index in [2.05, 4.69) is 53.0 Å². The molecular weight excluding hydrogens is 420 g/mol. The zero-order valence-electron chi connectivity index (χ0n) is 18.4. The molecule has 0 spiro atoms. The van der Waals surface area contributed by atoms with Crippen LogP contribution < -0.4 is 0 Å². The number of hydrogen-bond acceptors (Lipinski definition) is 2. The van der Waals surface area contributed by atoms with Crippen molar-refractivity contribution in [2.75, 3.05) is 0 Å². The van der Waals surface area contributed by atoms with Crippen LogP contribution in [0.2, 0.25) is 0 Å². The minimum absolute atomic E-state index is 0.102. The third-order valence-electron chi connectivity index (χ3n) is 5.91. The molecule has 2 aromatic carbocycles. The van der Waals surface area contributed by atoms with Gasteiger partial charge >= 0.3 is 0 Å².